The lowest BCUT2D eigenvalue weighted by molar-refractivity contribution is -0.119. The number of thiophene rings is 1. The van der Waals surface area contributed by atoms with Crippen LogP contribution in [-0.4, -0.2) is 44.1 Å². The van der Waals surface area contributed by atoms with Gasteiger partial charge in [0.2, 0.25) is 5.91 Å². The summed E-state index contributed by atoms with van der Waals surface area (Å²) < 4.78 is 10.5. The van der Waals surface area contributed by atoms with E-state index in [-0.39, 0.29) is 11.8 Å². The Morgan fingerprint density at radius 2 is 1.84 bits per heavy atom. The molecule has 2 amide bonds. The minimum absolute atomic E-state index is 0.0838. The maximum atomic E-state index is 13.6. The number of benzene rings is 2. The van der Waals surface area contributed by atoms with Crippen LogP contribution in [0.25, 0.3) is 0 Å². The van der Waals surface area contributed by atoms with Gasteiger partial charge in [0.1, 0.15) is 5.75 Å². The van der Waals surface area contributed by atoms with E-state index in [0.717, 1.165) is 10.4 Å². The molecule has 1 aliphatic rings. The van der Waals surface area contributed by atoms with Gasteiger partial charge in [0, 0.05) is 29.8 Å². The first-order valence-electron chi connectivity index (χ1n) is 10.0. The quantitative estimate of drug-likeness (QED) is 0.599. The molecule has 1 aromatic heterocycles. The van der Waals surface area contributed by atoms with E-state index in [1.54, 1.807) is 60.8 Å². The summed E-state index contributed by atoms with van der Waals surface area (Å²) in [7, 11) is 3.21. The molecule has 1 N–H and O–H groups in total. The van der Waals surface area contributed by atoms with Gasteiger partial charge in [-0.25, -0.2) is 0 Å². The van der Waals surface area contributed by atoms with Crippen molar-refractivity contribution in [3.8, 4) is 5.75 Å². The first kappa shape index (κ1) is 21.1. The number of fused-ring (bicyclic) bond motifs is 1. The standard InChI is InChI=1S/C24H24N2O4S/c1-29-14-13-26-22(20-8-5-15-31-20)21(18-6-3-4-7-19(18)24(26)28)23(27)25-16-9-11-17(30-2)12-10-16/h3-12,15,21-22H,13-14H2,1-2H3,(H,25,27)/t21-,22+/m0/s1. The Bertz CT molecular complexity index is 1050. The number of amides is 2. The number of nitrogens with one attached hydrogen (secondary N) is 1. The van der Waals surface area contributed by atoms with Crippen LogP contribution in [0, 0.1) is 0 Å². The van der Waals surface area contributed by atoms with E-state index in [2.05, 4.69) is 5.32 Å². The highest BCUT2D eigenvalue weighted by molar-refractivity contribution is 7.10. The molecule has 0 aliphatic carbocycles. The minimum atomic E-state index is -0.550. The first-order chi connectivity index (χ1) is 15.1. The molecule has 31 heavy (non-hydrogen) atoms. The van der Waals surface area contributed by atoms with Crippen molar-refractivity contribution in [1.82, 2.24) is 4.90 Å². The number of carbonyl (C=O) groups is 2. The molecule has 2 atom stereocenters. The molecule has 6 nitrogen and oxygen atoms in total. The van der Waals surface area contributed by atoms with Crippen LogP contribution in [0.1, 0.15) is 32.8 Å². The van der Waals surface area contributed by atoms with Crippen molar-refractivity contribution in [3.05, 3.63) is 82.0 Å². The maximum absolute atomic E-state index is 13.6. The van der Waals surface area contributed by atoms with Gasteiger partial charge >= 0.3 is 0 Å². The van der Waals surface area contributed by atoms with Gasteiger partial charge in [-0.15, -0.1) is 11.3 Å². The average Bonchev–Trinajstić information content (AvgIpc) is 3.33. The van der Waals surface area contributed by atoms with Crippen LogP contribution in [-0.2, 0) is 9.53 Å². The second kappa shape index (κ2) is 9.32. The fourth-order valence-electron chi connectivity index (χ4n) is 3.98. The van der Waals surface area contributed by atoms with Gasteiger partial charge in [-0.05, 0) is 47.3 Å². The number of ether oxygens (including phenoxy) is 2. The van der Waals surface area contributed by atoms with Gasteiger partial charge in [0.25, 0.3) is 5.91 Å². The molecule has 0 spiro atoms. The number of hydrogen-bond donors (Lipinski definition) is 1. The summed E-state index contributed by atoms with van der Waals surface area (Å²) >= 11 is 1.54. The van der Waals surface area contributed by atoms with Crippen LogP contribution < -0.4 is 10.1 Å². The van der Waals surface area contributed by atoms with Crippen molar-refractivity contribution in [3.63, 3.8) is 0 Å². The van der Waals surface area contributed by atoms with E-state index in [0.29, 0.717) is 30.2 Å². The Morgan fingerprint density at radius 3 is 2.52 bits per heavy atom. The average molecular weight is 437 g/mol. The van der Waals surface area contributed by atoms with Gasteiger partial charge in [0.15, 0.2) is 0 Å². The van der Waals surface area contributed by atoms with Crippen LogP contribution in [0.3, 0.4) is 0 Å². The number of methoxy groups -OCH3 is 2. The number of carbonyl (C=O) groups excluding carboxylic acids is 2. The first-order valence-corrected chi connectivity index (χ1v) is 10.9. The minimum Gasteiger partial charge on any atom is -0.497 e. The Morgan fingerprint density at radius 1 is 1.06 bits per heavy atom. The van der Waals surface area contributed by atoms with Crippen LogP contribution in [0.5, 0.6) is 5.75 Å². The van der Waals surface area contributed by atoms with Crippen molar-refractivity contribution < 1.29 is 19.1 Å². The highest BCUT2D eigenvalue weighted by Gasteiger charge is 2.44. The van der Waals surface area contributed by atoms with E-state index in [1.165, 1.54) is 0 Å². The third-order valence-electron chi connectivity index (χ3n) is 5.45. The number of nitrogens with zero attached hydrogens (tertiary/aromatic N) is 1. The summed E-state index contributed by atoms with van der Waals surface area (Å²) in [6.45, 7) is 0.793. The number of rotatable bonds is 7. The van der Waals surface area contributed by atoms with Crippen molar-refractivity contribution in [2.45, 2.75) is 12.0 Å². The summed E-state index contributed by atoms with van der Waals surface area (Å²) in [5.74, 6) is -0.0780. The van der Waals surface area contributed by atoms with E-state index in [4.69, 9.17) is 9.47 Å². The van der Waals surface area contributed by atoms with Gasteiger partial charge in [-0.1, -0.05) is 24.3 Å². The Balaban J connectivity index is 1.76. The fourth-order valence-corrected chi connectivity index (χ4v) is 4.85. The summed E-state index contributed by atoms with van der Waals surface area (Å²) in [5.41, 5.74) is 1.97. The molecule has 0 saturated heterocycles. The maximum Gasteiger partial charge on any atom is 0.254 e. The van der Waals surface area contributed by atoms with Crippen molar-refractivity contribution in [2.24, 2.45) is 0 Å². The molecule has 0 saturated carbocycles. The van der Waals surface area contributed by atoms with Crippen molar-refractivity contribution in [1.29, 1.82) is 0 Å². The second-order valence-corrected chi connectivity index (χ2v) is 8.21. The van der Waals surface area contributed by atoms with E-state index < -0.39 is 12.0 Å². The van der Waals surface area contributed by atoms with Crippen LogP contribution in [0.4, 0.5) is 5.69 Å². The van der Waals surface area contributed by atoms with Gasteiger partial charge in [-0.3, -0.25) is 9.59 Å². The zero-order valence-electron chi connectivity index (χ0n) is 17.4. The molecule has 2 heterocycles. The highest BCUT2D eigenvalue weighted by Crippen LogP contribution is 2.44. The monoisotopic (exact) mass is 436 g/mol. The smallest absolute Gasteiger partial charge is 0.254 e. The van der Waals surface area contributed by atoms with E-state index in [1.807, 2.05) is 35.7 Å². The van der Waals surface area contributed by atoms with Gasteiger partial charge in [-0.2, -0.15) is 0 Å². The Labute approximate surface area is 185 Å². The van der Waals surface area contributed by atoms with Gasteiger partial charge < -0.3 is 19.7 Å². The third-order valence-corrected chi connectivity index (χ3v) is 6.39. The Hall–Kier alpha value is -3.16. The molecule has 0 radical (unpaired) electrons. The molecular formula is C24H24N2O4S. The predicted octanol–water partition coefficient (Wildman–Crippen LogP) is 4.32. The summed E-state index contributed by atoms with van der Waals surface area (Å²) in [4.78, 5) is 29.7. The summed E-state index contributed by atoms with van der Waals surface area (Å²) in [5, 5.41) is 4.99. The lowest BCUT2D eigenvalue weighted by Crippen LogP contribution is -2.47. The Kier molecular flexibility index (Phi) is 6.34. The number of anilines is 1. The molecule has 0 bridgehead atoms. The van der Waals surface area contributed by atoms with E-state index >= 15 is 0 Å². The second-order valence-electron chi connectivity index (χ2n) is 7.23. The summed E-state index contributed by atoms with van der Waals surface area (Å²) in [6, 6.07) is 18.1. The van der Waals surface area contributed by atoms with Crippen molar-refractivity contribution >= 4 is 28.8 Å². The molecule has 1 aliphatic heterocycles. The zero-order chi connectivity index (χ0) is 21.8. The lowest BCUT2D eigenvalue weighted by Gasteiger charge is -2.41. The molecule has 0 unspecified atom stereocenters. The molecule has 2 aromatic carbocycles. The lowest BCUT2D eigenvalue weighted by atomic mass is 9.81. The molecule has 160 valence electrons. The van der Waals surface area contributed by atoms with Crippen LogP contribution in [0.15, 0.2) is 66.0 Å². The fraction of sp³-hybridized carbons (Fsp3) is 0.250. The van der Waals surface area contributed by atoms with Crippen LogP contribution in [0.2, 0.25) is 0 Å². The topological polar surface area (TPSA) is 67.9 Å². The van der Waals surface area contributed by atoms with Crippen molar-refractivity contribution in [2.75, 3.05) is 32.7 Å². The summed E-state index contributed by atoms with van der Waals surface area (Å²) in [6.07, 6.45) is 0. The predicted molar refractivity (Wildman–Crippen MR) is 121 cm³/mol. The highest BCUT2D eigenvalue weighted by atomic mass is 32.1. The third kappa shape index (κ3) is 4.19. The molecule has 4 rings (SSSR count). The zero-order valence-corrected chi connectivity index (χ0v) is 18.2. The molecular weight excluding hydrogens is 412 g/mol. The normalized spacial score (nSPS) is 17.9. The number of hydrogen-bond acceptors (Lipinski definition) is 5. The van der Waals surface area contributed by atoms with Crippen LogP contribution >= 0.6 is 11.3 Å². The van der Waals surface area contributed by atoms with E-state index in [9.17, 15) is 9.59 Å². The SMILES string of the molecule is COCCN1C(=O)c2ccccc2[C@H](C(=O)Nc2ccc(OC)cc2)[C@H]1c1cccs1. The molecule has 3 aromatic rings. The molecule has 0 fully saturated rings. The van der Waals surface area contributed by atoms with Gasteiger partial charge in [0.05, 0.1) is 25.7 Å². The largest absolute Gasteiger partial charge is 0.497 e. The molecule has 7 heteroatoms.